The fourth-order valence-electron chi connectivity index (χ4n) is 3.82. The van der Waals surface area contributed by atoms with E-state index in [-0.39, 0.29) is 30.1 Å². The van der Waals surface area contributed by atoms with Gasteiger partial charge in [-0.1, -0.05) is 66.2 Å². The molecule has 3 rings (SSSR count). The number of ether oxygens (including phenoxy) is 1. The summed E-state index contributed by atoms with van der Waals surface area (Å²) in [5.41, 5.74) is 9.59. The molecule has 0 fully saturated rings. The van der Waals surface area contributed by atoms with Crippen LogP contribution >= 0.6 is 11.6 Å². The number of ketones is 1. The van der Waals surface area contributed by atoms with Gasteiger partial charge in [0, 0.05) is 18.5 Å². The highest BCUT2D eigenvalue weighted by Crippen LogP contribution is 2.28. The van der Waals surface area contributed by atoms with Crippen molar-refractivity contribution in [2.45, 2.75) is 45.8 Å². The quantitative estimate of drug-likeness (QED) is 0.337. The van der Waals surface area contributed by atoms with Gasteiger partial charge in [0.15, 0.2) is 5.78 Å². The summed E-state index contributed by atoms with van der Waals surface area (Å²) in [5, 5.41) is 3.28. The molecule has 3 aromatic carbocycles. The summed E-state index contributed by atoms with van der Waals surface area (Å²) in [6, 6.07) is 23.0. The average molecular weight is 493 g/mol. The van der Waals surface area contributed by atoms with Crippen molar-refractivity contribution in [2.75, 3.05) is 6.54 Å². The van der Waals surface area contributed by atoms with Crippen LogP contribution in [0.2, 0.25) is 5.02 Å². The van der Waals surface area contributed by atoms with Crippen molar-refractivity contribution in [2.24, 2.45) is 11.7 Å². The van der Waals surface area contributed by atoms with Crippen LogP contribution in [0.5, 0.6) is 5.75 Å². The van der Waals surface area contributed by atoms with Gasteiger partial charge in [0.05, 0.1) is 17.2 Å². The first-order chi connectivity index (χ1) is 16.7. The standard InChI is InChI=1S/C29H33ClN2O3/c1-19(2)35-28-14-13-25(17-26(28)30)27(33)16-22(18-32-29(34)20(3)31)15-21-9-11-24(12-10-21)23-7-5-4-6-8-23/h4-14,17,19-20,22H,15-16,18,31H2,1-3H3,(H,32,34)/t20-,22-/m1/s1. The zero-order valence-corrected chi connectivity index (χ0v) is 21.2. The molecule has 0 spiro atoms. The number of nitrogens with two attached hydrogens (primary N) is 1. The fraction of sp³-hybridized carbons (Fsp3) is 0.310. The molecule has 0 bridgehead atoms. The van der Waals surface area contributed by atoms with Crippen LogP contribution in [0.3, 0.4) is 0 Å². The lowest BCUT2D eigenvalue weighted by Gasteiger charge is -2.19. The zero-order valence-electron chi connectivity index (χ0n) is 20.5. The molecule has 2 atom stereocenters. The van der Waals surface area contributed by atoms with E-state index in [1.165, 1.54) is 0 Å². The van der Waals surface area contributed by atoms with Gasteiger partial charge >= 0.3 is 0 Å². The summed E-state index contributed by atoms with van der Waals surface area (Å²) in [6.07, 6.45) is 0.892. The summed E-state index contributed by atoms with van der Waals surface area (Å²) < 4.78 is 5.67. The molecule has 3 N–H and O–H groups in total. The van der Waals surface area contributed by atoms with Crippen LogP contribution in [0.1, 0.15) is 43.1 Å². The second kappa shape index (κ2) is 12.5. The average Bonchev–Trinajstić information content (AvgIpc) is 2.84. The molecule has 5 nitrogen and oxygen atoms in total. The molecule has 0 aliphatic heterocycles. The lowest BCUT2D eigenvalue weighted by molar-refractivity contribution is -0.122. The Hall–Kier alpha value is -3.15. The number of hydrogen-bond donors (Lipinski definition) is 2. The number of hydrogen-bond acceptors (Lipinski definition) is 4. The SMILES string of the molecule is CC(C)Oc1ccc(C(=O)C[C@H](CNC(=O)[C@@H](C)N)Cc2ccc(-c3ccccc3)cc2)cc1Cl. The van der Waals surface area contributed by atoms with Gasteiger partial charge in [0.1, 0.15) is 5.75 Å². The number of carbonyl (C=O) groups excluding carboxylic acids is 2. The maximum absolute atomic E-state index is 13.1. The zero-order chi connectivity index (χ0) is 25.4. The molecule has 0 aliphatic carbocycles. The predicted molar refractivity (Wildman–Crippen MR) is 142 cm³/mol. The van der Waals surface area contributed by atoms with Gasteiger partial charge < -0.3 is 15.8 Å². The fourth-order valence-corrected chi connectivity index (χ4v) is 4.05. The summed E-state index contributed by atoms with van der Waals surface area (Å²) in [6.45, 7) is 5.83. The van der Waals surface area contributed by atoms with Crippen LogP contribution in [0, 0.1) is 5.92 Å². The van der Waals surface area contributed by atoms with Crippen molar-refractivity contribution in [3.8, 4) is 16.9 Å². The van der Waals surface area contributed by atoms with Crippen LogP contribution in [0.4, 0.5) is 0 Å². The highest BCUT2D eigenvalue weighted by molar-refractivity contribution is 6.32. The molecule has 0 saturated carbocycles. The molecular formula is C29H33ClN2O3. The topological polar surface area (TPSA) is 81.4 Å². The van der Waals surface area contributed by atoms with Gasteiger partial charge in [-0.3, -0.25) is 9.59 Å². The molecule has 1 amide bonds. The Labute approximate surface area is 212 Å². The highest BCUT2D eigenvalue weighted by atomic mass is 35.5. The number of rotatable bonds is 11. The Bertz CT molecular complexity index is 1130. The second-order valence-corrected chi connectivity index (χ2v) is 9.51. The normalized spacial score (nSPS) is 12.7. The molecule has 6 heteroatoms. The lowest BCUT2D eigenvalue weighted by atomic mass is 9.91. The van der Waals surface area contributed by atoms with E-state index in [1.54, 1.807) is 25.1 Å². The van der Waals surface area contributed by atoms with Gasteiger partial charge in [0.25, 0.3) is 0 Å². The number of Topliss-reactive ketones (excluding diaryl/α,β-unsaturated/α-hetero) is 1. The monoisotopic (exact) mass is 492 g/mol. The van der Waals surface area contributed by atoms with Crippen molar-refractivity contribution in [3.63, 3.8) is 0 Å². The van der Waals surface area contributed by atoms with Crippen molar-refractivity contribution >= 4 is 23.3 Å². The van der Waals surface area contributed by atoms with Crippen LogP contribution in [0.25, 0.3) is 11.1 Å². The molecule has 0 unspecified atom stereocenters. The second-order valence-electron chi connectivity index (χ2n) is 9.11. The van der Waals surface area contributed by atoms with E-state index in [0.717, 1.165) is 16.7 Å². The third kappa shape index (κ3) is 7.94. The molecule has 0 aromatic heterocycles. The molecule has 0 aliphatic rings. The largest absolute Gasteiger partial charge is 0.489 e. The Morgan fingerprint density at radius 3 is 2.20 bits per heavy atom. The van der Waals surface area contributed by atoms with E-state index in [9.17, 15) is 9.59 Å². The number of amides is 1. The van der Waals surface area contributed by atoms with E-state index in [4.69, 9.17) is 22.1 Å². The van der Waals surface area contributed by atoms with E-state index < -0.39 is 6.04 Å². The van der Waals surface area contributed by atoms with Gasteiger partial charge in [-0.15, -0.1) is 0 Å². The van der Waals surface area contributed by atoms with Gasteiger partial charge in [-0.25, -0.2) is 0 Å². The smallest absolute Gasteiger partial charge is 0.236 e. The minimum Gasteiger partial charge on any atom is -0.489 e. The van der Waals surface area contributed by atoms with E-state index in [2.05, 4.69) is 41.7 Å². The maximum atomic E-state index is 13.1. The molecule has 0 radical (unpaired) electrons. The van der Waals surface area contributed by atoms with Crippen molar-refractivity contribution in [1.29, 1.82) is 0 Å². The maximum Gasteiger partial charge on any atom is 0.236 e. The first kappa shape index (κ1) is 26.5. The number of carbonyl (C=O) groups is 2. The Balaban J connectivity index is 1.73. The summed E-state index contributed by atoms with van der Waals surface area (Å²) in [5.74, 6) is 0.180. The molecule has 3 aromatic rings. The predicted octanol–water partition coefficient (Wildman–Crippen LogP) is 5.69. The minimum absolute atomic E-state index is 0.0136. The molecule has 35 heavy (non-hydrogen) atoms. The highest BCUT2D eigenvalue weighted by Gasteiger charge is 2.19. The first-order valence-corrected chi connectivity index (χ1v) is 12.3. The van der Waals surface area contributed by atoms with Gasteiger partial charge in [-0.05, 0) is 68.0 Å². The Kier molecular flexibility index (Phi) is 9.47. The first-order valence-electron chi connectivity index (χ1n) is 11.9. The number of nitrogens with one attached hydrogen (secondary N) is 1. The summed E-state index contributed by atoms with van der Waals surface area (Å²) in [7, 11) is 0. The van der Waals surface area contributed by atoms with Crippen molar-refractivity contribution < 1.29 is 14.3 Å². The van der Waals surface area contributed by atoms with Gasteiger partial charge in [-0.2, -0.15) is 0 Å². The Morgan fingerprint density at radius 1 is 0.943 bits per heavy atom. The summed E-state index contributed by atoms with van der Waals surface area (Å²) >= 11 is 6.34. The van der Waals surface area contributed by atoms with Crippen LogP contribution in [-0.4, -0.2) is 30.4 Å². The third-order valence-electron chi connectivity index (χ3n) is 5.65. The molecule has 0 heterocycles. The minimum atomic E-state index is -0.608. The molecule has 0 saturated heterocycles. The lowest BCUT2D eigenvalue weighted by Crippen LogP contribution is -2.41. The number of halogens is 1. The van der Waals surface area contributed by atoms with Crippen LogP contribution in [0.15, 0.2) is 72.8 Å². The van der Waals surface area contributed by atoms with E-state index in [0.29, 0.717) is 29.3 Å². The van der Waals surface area contributed by atoms with Crippen molar-refractivity contribution in [3.05, 3.63) is 88.9 Å². The van der Waals surface area contributed by atoms with Gasteiger partial charge in [0.2, 0.25) is 5.91 Å². The Morgan fingerprint density at radius 2 is 1.60 bits per heavy atom. The van der Waals surface area contributed by atoms with Crippen LogP contribution < -0.4 is 15.8 Å². The van der Waals surface area contributed by atoms with Crippen LogP contribution in [-0.2, 0) is 11.2 Å². The van der Waals surface area contributed by atoms with E-state index >= 15 is 0 Å². The van der Waals surface area contributed by atoms with Crippen molar-refractivity contribution in [1.82, 2.24) is 5.32 Å². The molecular weight excluding hydrogens is 460 g/mol. The third-order valence-corrected chi connectivity index (χ3v) is 5.95. The molecule has 184 valence electrons. The van der Waals surface area contributed by atoms with E-state index in [1.807, 2.05) is 32.0 Å². The summed E-state index contributed by atoms with van der Waals surface area (Å²) in [4.78, 5) is 25.2. The number of benzene rings is 3.